The Morgan fingerprint density at radius 3 is 2.21 bits per heavy atom. The molecule has 19 heavy (non-hydrogen) atoms. The molecule has 2 rings (SSSR count). The standard InChI is InChI=1S/C15H17ClN2O/c1-15(2,3)11-7-5-10(6-8-11)14-17-12(16)9-13(18-14)19-4/h5-9H,1-4H3. The van der Waals surface area contributed by atoms with Gasteiger partial charge in [-0.1, -0.05) is 56.6 Å². The Morgan fingerprint density at radius 1 is 1.05 bits per heavy atom. The zero-order valence-electron chi connectivity index (χ0n) is 11.6. The highest BCUT2D eigenvalue weighted by molar-refractivity contribution is 6.29. The fourth-order valence-electron chi connectivity index (χ4n) is 1.75. The van der Waals surface area contributed by atoms with Crippen molar-refractivity contribution >= 4 is 11.6 Å². The molecule has 0 amide bonds. The van der Waals surface area contributed by atoms with Crippen LogP contribution in [0.15, 0.2) is 30.3 Å². The van der Waals surface area contributed by atoms with Gasteiger partial charge in [0, 0.05) is 11.6 Å². The largest absolute Gasteiger partial charge is 0.481 e. The van der Waals surface area contributed by atoms with Crippen LogP contribution in [-0.4, -0.2) is 17.1 Å². The molecule has 0 N–H and O–H groups in total. The van der Waals surface area contributed by atoms with Gasteiger partial charge in [0.25, 0.3) is 0 Å². The molecule has 0 unspecified atom stereocenters. The van der Waals surface area contributed by atoms with Crippen LogP contribution in [0.5, 0.6) is 5.88 Å². The van der Waals surface area contributed by atoms with Gasteiger partial charge in [0.2, 0.25) is 5.88 Å². The molecule has 0 saturated carbocycles. The fourth-order valence-corrected chi connectivity index (χ4v) is 1.92. The summed E-state index contributed by atoms with van der Waals surface area (Å²) in [6, 6.07) is 9.78. The number of rotatable bonds is 2. The van der Waals surface area contributed by atoms with Gasteiger partial charge in [0.1, 0.15) is 5.15 Å². The maximum Gasteiger partial charge on any atom is 0.218 e. The Balaban J connectivity index is 2.40. The van der Waals surface area contributed by atoms with Crippen molar-refractivity contribution in [3.63, 3.8) is 0 Å². The smallest absolute Gasteiger partial charge is 0.218 e. The molecule has 2 aromatic rings. The number of hydrogen-bond donors (Lipinski definition) is 0. The zero-order chi connectivity index (χ0) is 14.0. The Labute approximate surface area is 118 Å². The van der Waals surface area contributed by atoms with Gasteiger partial charge in [-0.25, -0.2) is 4.98 Å². The molecule has 0 atom stereocenters. The Hall–Kier alpha value is -1.61. The van der Waals surface area contributed by atoms with Crippen molar-refractivity contribution in [2.24, 2.45) is 0 Å². The van der Waals surface area contributed by atoms with Crippen molar-refractivity contribution in [3.05, 3.63) is 41.0 Å². The van der Waals surface area contributed by atoms with Crippen LogP contribution in [0.3, 0.4) is 0 Å². The Bertz CT molecular complexity index is 574. The van der Waals surface area contributed by atoms with E-state index in [1.165, 1.54) is 5.56 Å². The summed E-state index contributed by atoms with van der Waals surface area (Å²) in [6.45, 7) is 6.54. The lowest BCUT2D eigenvalue weighted by Gasteiger charge is -2.19. The van der Waals surface area contributed by atoms with Gasteiger partial charge < -0.3 is 4.74 Å². The third kappa shape index (κ3) is 3.24. The van der Waals surface area contributed by atoms with E-state index in [0.29, 0.717) is 16.9 Å². The summed E-state index contributed by atoms with van der Waals surface area (Å²) < 4.78 is 5.10. The number of methoxy groups -OCH3 is 1. The second-order valence-corrected chi connectivity index (χ2v) is 5.77. The predicted octanol–water partition coefficient (Wildman–Crippen LogP) is 4.10. The first-order valence-electron chi connectivity index (χ1n) is 6.09. The first-order chi connectivity index (χ1) is 8.90. The Kier molecular flexibility index (Phi) is 3.76. The first kappa shape index (κ1) is 13.8. The van der Waals surface area contributed by atoms with Crippen molar-refractivity contribution in [3.8, 4) is 17.3 Å². The molecule has 0 aliphatic heterocycles. The summed E-state index contributed by atoms with van der Waals surface area (Å²) in [5.41, 5.74) is 2.32. The molecular weight excluding hydrogens is 260 g/mol. The second-order valence-electron chi connectivity index (χ2n) is 5.38. The normalized spacial score (nSPS) is 11.4. The Morgan fingerprint density at radius 2 is 1.68 bits per heavy atom. The van der Waals surface area contributed by atoms with E-state index in [0.717, 1.165) is 5.56 Å². The van der Waals surface area contributed by atoms with Crippen molar-refractivity contribution in [2.45, 2.75) is 26.2 Å². The van der Waals surface area contributed by atoms with Crippen LogP contribution < -0.4 is 4.74 Å². The second kappa shape index (κ2) is 5.17. The topological polar surface area (TPSA) is 35.0 Å². The van der Waals surface area contributed by atoms with E-state index in [2.05, 4.69) is 42.9 Å². The van der Waals surface area contributed by atoms with Crippen LogP contribution in [-0.2, 0) is 5.41 Å². The maximum absolute atomic E-state index is 5.95. The highest BCUT2D eigenvalue weighted by Gasteiger charge is 2.14. The van der Waals surface area contributed by atoms with Crippen molar-refractivity contribution < 1.29 is 4.74 Å². The molecule has 0 aliphatic carbocycles. The van der Waals surface area contributed by atoms with Gasteiger partial charge in [0.05, 0.1) is 7.11 Å². The van der Waals surface area contributed by atoms with Gasteiger partial charge in [-0.15, -0.1) is 0 Å². The number of aromatic nitrogens is 2. The molecule has 0 spiro atoms. The summed E-state index contributed by atoms with van der Waals surface area (Å²) >= 11 is 5.95. The lowest BCUT2D eigenvalue weighted by atomic mass is 9.87. The zero-order valence-corrected chi connectivity index (χ0v) is 12.3. The lowest BCUT2D eigenvalue weighted by molar-refractivity contribution is 0.397. The molecule has 0 saturated heterocycles. The van der Waals surface area contributed by atoms with Gasteiger partial charge >= 0.3 is 0 Å². The molecule has 0 radical (unpaired) electrons. The van der Waals surface area contributed by atoms with E-state index in [1.54, 1.807) is 13.2 Å². The number of nitrogens with zero attached hydrogens (tertiary/aromatic N) is 2. The quantitative estimate of drug-likeness (QED) is 0.775. The monoisotopic (exact) mass is 276 g/mol. The third-order valence-corrected chi connectivity index (χ3v) is 3.08. The van der Waals surface area contributed by atoms with Gasteiger partial charge in [-0.2, -0.15) is 4.98 Å². The summed E-state index contributed by atoms with van der Waals surface area (Å²) in [7, 11) is 1.56. The van der Waals surface area contributed by atoms with Crippen LogP contribution >= 0.6 is 11.6 Å². The SMILES string of the molecule is COc1cc(Cl)nc(-c2ccc(C(C)(C)C)cc2)n1. The van der Waals surface area contributed by atoms with E-state index in [1.807, 2.05) is 12.1 Å². The van der Waals surface area contributed by atoms with Gasteiger partial charge in [-0.05, 0) is 11.0 Å². The van der Waals surface area contributed by atoms with E-state index < -0.39 is 0 Å². The van der Waals surface area contributed by atoms with Crippen LogP contribution in [0, 0.1) is 0 Å². The van der Waals surface area contributed by atoms with Crippen LogP contribution in [0.2, 0.25) is 5.15 Å². The highest BCUT2D eigenvalue weighted by Crippen LogP contribution is 2.26. The molecule has 1 heterocycles. The molecule has 4 heteroatoms. The third-order valence-electron chi connectivity index (χ3n) is 2.89. The molecule has 1 aromatic heterocycles. The first-order valence-corrected chi connectivity index (χ1v) is 6.47. The molecule has 0 aliphatic rings. The number of hydrogen-bond acceptors (Lipinski definition) is 3. The maximum atomic E-state index is 5.95. The minimum Gasteiger partial charge on any atom is -0.481 e. The molecule has 0 bridgehead atoms. The summed E-state index contributed by atoms with van der Waals surface area (Å²) in [6.07, 6.45) is 0. The van der Waals surface area contributed by atoms with E-state index in [9.17, 15) is 0 Å². The van der Waals surface area contributed by atoms with Gasteiger partial charge in [0.15, 0.2) is 5.82 Å². The van der Waals surface area contributed by atoms with Crippen LogP contribution in [0.1, 0.15) is 26.3 Å². The molecule has 0 fully saturated rings. The molecule has 100 valence electrons. The lowest BCUT2D eigenvalue weighted by Crippen LogP contribution is -2.10. The van der Waals surface area contributed by atoms with E-state index in [-0.39, 0.29) is 5.41 Å². The predicted molar refractivity (Wildman–Crippen MR) is 77.7 cm³/mol. The minimum absolute atomic E-state index is 0.130. The summed E-state index contributed by atoms with van der Waals surface area (Å²) in [5, 5.41) is 0.377. The summed E-state index contributed by atoms with van der Waals surface area (Å²) in [5.74, 6) is 1.04. The number of benzene rings is 1. The number of ether oxygens (including phenoxy) is 1. The van der Waals surface area contributed by atoms with Crippen molar-refractivity contribution in [1.29, 1.82) is 0 Å². The molecular formula is C15H17ClN2O. The summed E-state index contributed by atoms with van der Waals surface area (Å²) in [4.78, 5) is 8.51. The van der Waals surface area contributed by atoms with Crippen LogP contribution in [0.25, 0.3) is 11.4 Å². The highest BCUT2D eigenvalue weighted by atomic mass is 35.5. The van der Waals surface area contributed by atoms with Crippen LogP contribution in [0.4, 0.5) is 0 Å². The molecule has 3 nitrogen and oxygen atoms in total. The van der Waals surface area contributed by atoms with Crippen molar-refractivity contribution in [2.75, 3.05) is 7.11 Å². The average Bonchev–Trinajstić information content (AvgIpc) is 2.37. The number of halogens is 1. The molecule has 1 aromatic carbocycles. The fraction of sp³-hybridized carbons (Fsp3) is 0.333. The van der Waals surface area contributed by atoms with Crippen molar-refractivity contribution in [1.82, 2.24) is 9.97 Å². The van der Waals surface area contributed by atoms with Gasteiger partial charge in [-0.3, -0.25) is 0 Å². The average molecular weight is 277 g/mol. The minimum atomic E-state index is 0.130. The van der Waals surface area contributed by atoms with E-state index >= 15 is 0 Å². The van der Waals surface area contributed by atoms with E-state index in [4.69, 9.17) is 16.3 Å².